The summed E-state index contributed by atoms with van der Waals surface area (Å²) in [5, 5.41) is 21.7. The Morgan fingerprint density at radius 2 is 1.84 bits per heavy atom. The molecule has 0 saturated carbocycles. The van der Waals surface area contributed by atoms with Crippen LogP contribution in [-0.2, 0) is 6.61 Å². The smallest absolute Gasteiger partial charge is 0.343 e. The van der Waals surface area contributed by atoms with E-state index < -0.39 is 16.8 Å². The van der Waals surface area contributed by atoms with Crippen LogP contribution in [-0.4, -0.2) is 17.5 Å². The summed E-state index contributed by atoms with van der Waals surface area (Å²) < 4.78 is 23.1. The summed E-state index contributed by atoms with van der Waals surface area (Å²) in [6.07, 6.45) is 0. The lowest BCUT2D eigenvalue weighted by Crippen LogP contribution is -2.21. The van der Waals surface area contributed by atoms with Gasteiger partial charge in [-0.2, -0.15) is 5.26 Å². The topological polar surface area (TPSA) is 147 Å². The lowest BCUT2D eigenvalue weighted by atomic mass is 9.83. The molecule has 0 radical (unpaired) electrons. The largest absolute Gasteiger partial charge is 0.490 e. The number of allylic oxidation sites excluding steroid dienone is 1. The van der Waals surface area contributed by atoms with Crippen LogP contribution in [0.5, 0.6) is 23.0 Å². The lowest BCUT2D eigenvalue weighted by Gasteiger charge is -2.27. The lowest BCUT2D eigenvalue weighted by molar-refractivity contribution is -0.384. The van der Waals surface area contributed by atoms with Gasteiger partial charge in [-0.15, -0.1) is 0 Å². The monoisotopic (exact) mass is 597 g/mol. The normalized spacial score (nSPS) is 13.7. The number of ether oxygens (including phenoxy) is 4. The average molecular weight is 598 g/mol. The van der Waals surface area contributed by atoms with Crippen molar-refractivity contribution in [2.45, 2.75) is 19.4 Å². The van der Waals surface area contributed by atoms with Gasteiger partial charge in [-0.05, 0) is 54.4 Å². The Hall–Kier alpha value is -5.53. The van der Waals surface area contributed by atoms with Crippen molar-refractivity contribution in [3.63, 3.8) is 0 Å². The quantitative estimate of drug-likeness (QED) is 0.0967. The van der Waals surface area contributed by atoms with Crippen molar-refractivity contribution in [1.29, 1.82) is 5.26 Å². The van der Waals surface area contributed by atoms with Crippen molar-refractivity contribution < 1.29 is 28.7 Å². The molecule has 1 aliphatic rings. The number of hydrogen-bond acceptors (Lipinski definition) is 9. The van der Waals surface area contributed by atoms with Gasteiger partial charge in [0, 0.05) is 28.8 Å². The Bertz CT molecular complexity index is 1780. The average Bonchev–Trinajstić information content (AvgIpc) is 3.00. The molecule has 0 bridgehead atoms. The van der Waals surface area contributed by atoms with Gasteiger partial charge in [0.2, 0.25) is 5.88 Å². The van der Waals surface area contributed by atoms with E-state index in [0.717, 1.165) is 11.6 Å². The number of non-ortho nitro benzene ring substituents is 1. The summed E-state index contributed by atoms with van der Waals surface area (Å²) in [4.78, 5) is 23.2. The molecular formula is C32H24ClN3O7. The predicted molar refractivity (Wildman–Crippen MR) is 157 cm³/mol. The van der Waals surface area contributed by atoms with Crippen molar-refractivity contribution in [3.05, 3.63) is 134 Å². The first kappa shape index (κ1) is 29.0. The van der Waals surface area contributed by atoms with Crippen molar-refractivity contribution >= 4 is 23.3 Å². The molecule has 0 aliphatic carbocycles. The number of rotatable bonds is 9. The van der Waals surface area contributed by atoms with Gasteiger partial charge in [0.15, 0.2) is 11.5 Å². The maximum absolute atomic E-state index is 12.7. The zero-order valence-electron chi connectivity index (χ0n) is 22.8. The Labute approximate surface area is 251 Å². The van der Waals surface area contributed by atoms with Gasteiger partial charge in [-0.1, -0.05) is 41.9 Å². The number of hydrogen-bond donors (Lipinski definition) is 1. The fourth-order valence-corrected chi connectivity index (χ4v) is 4.71. The number of benzene rings is 4. The number of nitriles is 1. The molecule has 2 N–H and O–H groups in total. The Morgan fingerprint density at radius 3 is 2.56 bits per heavy atom. The predicted octanol–water partition coefficient (Wildman–Crippen LogP) is 6.66. The highest BCUT2D eigenvalue weighted by Gasteiger charge is 2.32. The van der Waals surface area contributed by atoms with Crippen molar-refractivity contribution in [2.24, 2.45) is 5.73 Å². The van der Waals surface area contributed by atoms with E-state index in [9.17, 15) is 20.2 Å². The molecule has 10 nitrogen and oxygen atoms in total. The zero-order valence-corrected chi connectivity index (χ0v) is 23.5. The second-order valence-corrected chi connectivity index (χ2v) is 9.81. The summed E-state index contributed by atoms with van der Waals surface area (Å²) in [6, 6.07) is 24.8. The van der Waals surface area contributed by atoms with Crippen molar-refractivity contribution in [2.75, 3.05) is 6.61 Å². The number of nitro benzene ring substituents is 1. The van der Waals surface area contributed by atoms with Gasteiger partial charge in [0.1, 0.15) is 29.7 Å². The van der Waals surface area contributed by atoms with E-state index in [1.54, 1.807) is 36.4 Å². The van der Waals surface area contributed by atoms with E-state index in [4.69, 9.17) is 36.3 Å². The number of fused-ring (bicyclic) bond motifs is 1. The number of nitrogens with zero attached hydrogens (tertiary/aromatic N) is 2. The first-order chi connectivity index (χ1) is 20.8. The highest BCUT2D eigenvalue weighted by atomic mass is 35.5. The van der Waals surface area contributed by atoms with Crippen LogP contribution < -0.4 is 24.7 Å². The minimum atomic E-state index is -0.784. The van der Waals surface area contributed by atoms with Crippen molar-refractivity contribution in [3.8, 4) is 29.1 Å². The van der Waals surface area contributed by atoms with Crippen LogP contribution in [0.15, 0.2) is 96.4 Å². The molecule has 5 rings (SSSR count). The van der Waals surface area contributed by atoms with Crippen LogP contribution in [0, 0.1) is 21.4 Å². The molecule has 4 aromatic rings. The minimum absolute atomic E-state index is 0.0127. The molecule has 1 heterocycles. The minimum Gasteiger partial charge on any atom is -0.490 e. The van der Waals surface area contributed by atoms with Crippen LogP contribution in [0.1, 0.15) is 39.9 Å². The SMILES string of the molecule is CCOc1cc(C2C(C#N)=C(N)Oc3cc(OC(=O)c4cccc([N+](=O)[O-])c4)ccc32)ccc1OCc1ccc(Cl)cc1. The summed E-state index contributed by atoms with van der Waals surface area (Å²) in [5.41, 5.74) is 8.38. The van der Waals surface area contributed by atoms with Gasteiger partial charge in [0.05, 0.1) is 23.0 Å². The van der Waals surface area contributed by atoms with Crippen LogP contribution in [0.4, 0.5) is 5.69 Å². The molecule has 0 saturated heterocycles. The van der Waals surface area contributed by atoms with E-state index in [-0.39, 0.29) is 34.2 Å². The summed E-state index contributed by atoms with van der Waals surface area (Å²) >= 11 is 5.98. The van der Waals surface area contributed by atoms with E-state index >= 15 is 0 Å². The van der Waals surface area contributed by atoms with Crippen molar-refractivity contribution in [1.82, 2.24) is 0 Å². The Kier molecular flexibility index (Phi) is 8.46. The highest BCUT2D eigenvalue weighted by Crippen LogP contribution is 2.45. The third kappa shape index (κ3) is 6.37. The molecular weight excluding hydrogens is 574 g/mol. The maximum atomic E-state index is 12.7. The molecule has 0 amide bonds. The number of esters is 1. The van der Waals surface area contributed by atoms with Gasteiger partial charge in [0.25, 0.3) is 5.69 Å². The van der Waals surface area contributed by atoms with E-state index in [0.29, 0.717) is 40.9 Å². The fourth-order valence-electron chi connectivity index (χ4n) is 4.59. The zero-order chi connectivity index (χ0) is 30.5. The molecule has 216 valence electrons. The summed E-state index contributed by atoms with van der Waals surface area (Å²) in [7, 11) is 0. The third-order valence-corrected chi connectivity index (χ3v) is 6.85. The van der Waals surface area contributed by atoms with Crippen LogP contribution in [0.2, 0.25) is 5.02 Å². The number of carbonyl (C=O) groups is 1. The molecule has 11 heteroatoms. The van der Waals surface area contributed by atoms with E-state index in [2.05, 4.69) is 6.07 Å². The second kappa shape index (κ2) is 12.5. The second-order valence-electron chi connectivity index (χ2n) is 9.38. The fraction of sp³-hybridized carbons (Fsp3) is 0.125. The molecule has 0 fully saturated rings. The van der Waals surface area contributed by atoms with Crippen LogP contribution in [0.3, 0.4) is 0 Å². The molecule has 1 atom stereocenters. The van der Waals surface area contributed by atoms with E-state index in [1.807, 2.05) is 25.1 Å². The molecule has 4 aromatic carbocycles. The third-order valence-electron chi connectivity index (χ3n) is 6.60. The number of halogens is 1. The standard InChI is InChI=1S/C32H24ClN3O7/c1-2-40-29-15-20(8-13-27(29)41-18-19-6-9-22(33)10-7-19)30-25-12-11-24(16-28(25)43-31(35)26(30)17-34)42-32(37)21-4-3-5-23(14-21)36(38)39/h3-16,30H,2,18,35H2,1H3. The van der Waals surface area contributed by atoms with Crippen LogP contribution in [0.25, 0.3) is 0 Å². The number of carbonyl (C=O) groups excluding carboxylic acids is 1. The molecule has 1 aliphatic heterocycles. The van der Waals surface area contributed by atoms with Gasteiger partial charge in [-0.3, -0.25) is 10.1 Å². The van der Waals surface area contributed by atoms with Gasteiger partial charge >= 0.3 is 5.97 Å². The summed E-state index contributed by atoms with van der Waals surface area (Å²) in [6.45, 7) is 2.53. The van der Waals surface area contributed by atoms with Gasteiger partial charge < -0.3 is 24.7 Å². The Balaban J connectivity index is 1.44. The van der Waals surface area contributed by atoms with E-state index in [1.165, 1.54) is 24.3 Å². The molecule has 43 heavy (non-hydrogen) atoms. The highest BCUT2D eigenvalue weighted by molar-refractivity contribution is 6.30. The van der Waals surface area contributed by atoms with Gasteiger partial charge in [-0.25, -0.2) is 4.79 Å². The molecule has 0 spiro atoms. The first-order valence-corrected chi connectivity index (χ1v) is 13.5. The first-order valence-electron chi connectivity index (χ1n) is 13.1. The molecule has 1 unspecified atom stereocenters. The van der Waals surface area contributed by atoms with Crippen LogP contribution >= 0.6 is 11.6 Å². The maximum Gasteiger partial charge on any atom is 0.343 e. The summed E-state index contributed by atoms with van der Waals surface area (Å²) in [5.74, 6) is -0.0714. The molecule has 0 aromatic heterocycles. The number of nitro groups is 1. The number of nitrogens with two attached hydrogens (primary N) is 1. The Morgan fingerprint density at radius 1 is 1.05 bits per heavy atom.